The van der Waals surface area contributed by atoms with E-state index in [-0.39, 0.29) is 18.1 Å². The molecule has 1 heterocycles. The van der Waals surface area contributed by atoms with E-state index in [0.717, 1.165) is 30.2 Å². The van der Waals surface area contributed by atoms with Gasteiger partial charge in [0.05, 0.1) is 13.7 Å². The van der Waals surface area contributed by atoms with Crippen molar-refractivity contribution < 1.29 is 18.7 Å². The molecule has 0 aliphatic heterocycles. The van der Waals surface area contributed by atoms with E-state index in [1.165, 1.54) is 0 Å². The third kappa shape index (κ3) is 6.45. The van der Waals surface area contributed by atoms with Crippen LogP contribution in [0.1, 0.15) is 42.1 Å². The van der Waals surface area contributed by atoms with Crippen molar-refractivity contribution in [3.63, 3.8) is 0 Å². The van der Waals surface area contributed by atoms with Gasteiger partial charge in [-0.3, -0.25) is 25.3 Å². The van der Waals surface area contributed by atoms with Crippen LogP contribution in [0.5, 0.6) is 5.75 Å². The van der Waals surface area contributed by atoms with Crippen molar-refractivity contribution in [1.82, 2.24) is 15.8 Å². The number of rotatable bonds is 9. The van der Waals surface area contributed by atoms with Gasteiger partial charge in [-0.15, -0.1) is 0 Å². The van der Waals surface area contributed by atoms with Crippen LogP contribution in [0, 0.1) is 0 Å². The van der Waals surface area contributed by atoms with Gasteiger partial charge in [0.2, 0.25) is 5.91 Å². The summed E-state index contributed by atoms with van der Waals surface area (Å²) in [5.41, 5.74) is 5.81. The molecule has 7 nitrogen and oxygen atoms in total. The highest BCUT2D eigenvalue weighted by atomic mass is 16.5. The SMILES string of the molecule is CCN(CC)Cc1ccc(C(=O)NNC(=O)CCc2ccc(OC)cc2)o1. The Labute approximate surface area is 159 Å². The molecule has 27 heavy (non-hydrogen) atoms. The Morgan fingerprint density at radius 3 is 2.37 bits per heavy atom. The maximum atomic E-state index is 12.1. The average molecular weight is 373 g/mol. The summed E-state index contributed by atoms with van der Waals surface area (Å²) < 4.78 is 10.6. The molecule has 1 aromatic carbocycles. The average Bonchev–Trinajstić information content (AvgIpc) is 3.17. The molecule has 0 aliphatic carbocycles. The minimum atomic E-state index is -0.474. The van der Waals surface area contributed by atoms with E-state index >= 15 is 0 Å². The number of nitrogens with zero attached hydrogens (tertiary/aromatic N) is 1. The van der Waals surface area contributed by atoms with Crippen LogP contribution in [0.3, 0.4) is 0 Å². The van der Waals surface area contributed by atoms with E-state index in [0.29, 0.717) is 13.0 Å². The molecule has 0 atom stereocenters. The number of carbonyl (C=O) groups excluding carboxylic acids is 2. The normalized spacial score (nSPS) is 10.7. The zero-order chi connectivity index (χ0) is 19.6. The van der Waals surface area contributed by atoms with Gasteiger partial charge in [0.25, 0.3) is 0 Å². The number of ether oxygens (including phenoxy) is 1. The fraction of sp³-hybridized carbons (Fsp3) is 0.400. The number of carbonyl (C=O) groups is 2. The van der Waals surface area contributed by atoms with Crippen LogP contribution in [-0.2, 0) is 17.8 Å². The molecular weight excluding hydrogens is 346 g/mol. The highest BCUT2D eigenvalue weighted by Gasteiger charge is 2.13. The van der Waals surface area contributed by atoms with Crippen LogP contribution >= 0.6 is 0 Å². The monoisotopic (exact) mass is 373 g/mol. The highest BCUT2D eigenvalue weighted by Crippen LogP contribution is 2.13. The van der Waals surface area contributed by atoms with Crippen LogP contribution in [0.4, 0.5) is 0 Å². The Morgan fingerprint density at radius 1 is 1.04 bits per heavy atom. The minimum absolute atomic E-state index is 0.174. The number of methoxy groups -OCH3 is 1. The number of amides is 2. The molecule has 2 aromatic rings. The molecule has 0 saturated carbocycles. The van der Waals surface area contributed by atoms with E-state index in [4.69, 9.17) is 9.15 Å². The number of nitrogens with one attached hydrogen (secondary N) is 2. The summed E-state index contributed by atoms with van der Waals surface area (Å²) >= 11 is 0. The molecule has 0 bridgehead atoms. The first kappa shape index (κ1) is 20.5. The van der Waals surface area contributed by atoms with Crippen LogP contribution in [0.2, 0.25) is 0 Å². The van der Waals surface area contributed by atoms with Crippen molar-refractivity contribution in [2.75, 3.05) is 20.2 Å². The van der Waals surface area contributed by atoms with Crippen molar-refractivity contribution in [3.8, 4) is 5.75 Å². The Bertz CT molecular complexity index is 736. The number of benzene rings is 1. The van der Waals surface area contributed by atoms with Crippen molar-refractivity contribution in [2.45, 2.75) is 33.2 Å². The highest BCUT2D eigenvalue weighted by molar-refractivity contribution is 5.92. The largest absolute Gasteiger partial charge is 0.497 e. The van der Waals surface area contributed by atoms with E-state index in [1.54, 1.807) is 19.2 Å². The van der Waals surface area contributed by atoms with Gasteiger partial charge in [0.15, 0.2) is 5.76 Å². The number of hydrogen-bond acceptors (Lipinski definition) is 5. The summed E-state index contributed by atoms with van der Waals surface area (Å²) in [5.74, 6) is 0.921. The molecule has 7 heteroatoms. The molecule has 0 radical (unpaired) electrons. The summed E-state index contributed by atoms with van der Waals surface area (Å²) in [6.07, 6.45) is 0.832. The first-order chi connectivity index (χ1) is 13.0. The lowest BCUT2D eigenvalue weighted by Crippen LogP contribution is -2.41. The van der Waals surface area contributed by atoms with Crippen molar-refractivity contribution in [3.05, 3.63) is 53.5 Å². The lowest BCUT2D eigenvalue weighted by atomic mass is 10.1. The Hall–Kier alpha value is -2.80. The van der Waals surface area contributed by atoms with Gasteiger partial charge in [-0.05, 0) is 49.3 Å². The van der Waals surface area contributed by atoms with Crippen molar-refractivity contribution in [2.24, 2.45) is 0 Å². The Morgan fingerprint density at radius 2 is 1.74 bits per heavy atom. The van der Waals surface area contributed by atoms with Gasteiger partial charge < -0.3 is 9.15 Å². The number of hydrogen-bond donors (Lipinski definition) is 2. The van der Waals surface area contributed by atoms with Crippen molar-refractivity contribution in [1.29, 1.82) is 0 Å². The van der Waals surface area contributed by atoms with E-state index in [1.807, 2.05) is 24.3 Å². The third-order valence-corrected chi connectivity index (χ3v) is 4.27. The van der Waals surface area contributed by atoms with Crippen LogP contribution in [-0.4, -0.2) is 36.9 Å². The van der Waals surface area contributed by atoms with Crippen LogP contribution in [0.25, 0.3) is 0 Å². The fourth-order valence-corrected chi connectivity index (χ4v) is 2.55. The second-order valence-corrected chi connectivity index (χ2v) is 6.08. The fourth-order valence-electron chi connectivity index (χ4n) is 2.55. The predicted molar refractivity (Wildman–Crippen MR) is 102 cm³/mol. The van der Waals surface area contributed by atoms with Gasteiger partial charge in [0.1, 0.15) is 11.5 Å². The summed E-state index contributed by atoms with van der Waals surface area (Å²) in [4.78, 5) is 26.2. The van der Waals surface area contributed by atoms with Crippen LogP contribution < -0.4 is 15.6 Å². The molecule has 0 unspecified atom stereocenters. The zero-order valence-corrected chi connectivity index (χ0v) is 16.1. The Kier molecular flexibility index (Phi) is 7.88. The quantitative estimate of drug-likeness (QED) is 0.660. The minimum Gasteiger partial charge on any atom is -0.497 e. The van der Waals surface area contributed by atoms with Gasteiger partial charge >= 0.3 is 5.91 Å². The third-order valence-electron chi connectivity index (χ3n) is 4.27. The summed E-state index contributed by atoms with van der Waals surface area (Å²) in [7, 11) is 1.61. The molecule has 0 spiro atoms. The van der Waals surface area contributed by atoms with E-state index in [2.05, 4.69) is 29.6 Å². The molecule has 0 saturated heterocycles. The maximum absolute atomic E-state index is 12.1. The molecule has 2 N–H and O–H groups in total. The van der Waals surface area contributed by atoms with Crippen LogP contribution in [0.15, 0.2) is 40.8 Å². The van der Waals surface area contributed by atoms with Crippen molar-refractivity contribution >= 4 is 11.8 Å². The van der Waals surface area contributed by atoms with Gasteiger partial charge in [-0.1, -0.05) is 26.0 Å². The standard InChI is InChI=1S/C20H27N3O4/c1-4-23(5-2)14-17-11-12-18(27-17)20(25)22-21-19(24)13-8-15-6-9-16(26-3)10-7-15/h6-7,9-12H,4-5,8,13-14H2,1-3H3,(H,21,24)(H,22,25). The first-order valence-electron chi connectivity index (χ1n) is 9.08. The number of hydrazine groups is 1. The molecule has 0 aliphatic rings. The molecule has 0 fully saturated rings. The number of furan rings is 1. The maximum Gasteiger partial charge on any atom is 0.305 e. The van der Waals surface area contributed by atoms with E-state index < -0.39 is 5.91 Å². The zero-order valence-electron chi connectivity index (χ0n) is 16.1. The number of aryl methyl sites for hydroxylation is 1. The lowest BCUT2D eigenvalue weighted by molar-refractivity contribution is -0.121. The summed E-state index contributed by atoms with van der Waals surface area (Å²) in [6, 6.07) is 10.9. The second-order valence-electron chi connectivity index (χ2n) is 6.08. The summed E-state index contributed by atoms with van der Waals surface area (Å²) in [5, 5.41) is 0. The van der Waals surface area contributed by atoms with E-state index in [9.17, 15) is 9.59 Å². The molecule has 2 amide bonds. The smallest absolute Gasteiger partial charge is 0.305 e. The first-order valence-corrected chi connectivity index (χ1v) is 9.08. The second kappa shape index (κ2) is 10.4. The van der Waals surface area contributed by atoms with Gasteiger partial charge in [-0.2, -0.15) is 0 Å². The molecular formula is C20H27N3O4. The molecule has 2 rings (SSSR count). The lowest BCUT2D eigenvalue weighted by Gasteiger charge is -2.15. The molecule has 1 aromatic heterocycles. The van der Waals surface area contributed by atoms with Gasteiger partial charge in [0, 0.05) is 6.42 Å². The van der Waals surface area contributed by atoms with Gasteiger partial charge in [-0.25, -0.2) is 0 Å². The summed E-state index contributed by atoms with van der Waals surface area (Å²) in [6.45, 7) is 6.60. The topological polar surface area (TPSA) is 83.8 Å². The molecule has 146 valence electrons. The Balaban J connectivity index is 1.75. The predicted octanol–water partition coefficient (Wildman–Crippen LogP) is 2.52.